The third-order valence-corrected chi connectivity index (χ3v) is 4.06. The Balaban J connectivity index is 2.21. The lowest BCUT2D eigenvalue weighted by molar-refractivity contribution is -0.143. The van der Waals surface area contributed by atoms with Gasteiger partial charge >= 0.3 is 5.97 Å². The fraction of sp³-hybridized carbons (Fsp3) is 0.278. The van der Waals surface area contributed by atoms with E-state index in [9.17, 15) is 19.1 Å². The van der Waals surface area contributed by atoms with Crippen LogP contribution < -0.4 is 0 Å². The fourth-order valence-electron chi connectivity index (χ4n) is 2.25. The molecule has 0 unspecified atom stereocenters. The second-order valence-electron chi connectivity index (χ2n) is 5.29. The van der Waals surface area contributed by atoms with E-state index in [1.54, 1.807) is 25.1 Å². The minimum Gasteiger partial charge on any atom is -0.504 e. The predicted molar refractivity (Wildman–Crippen MR) is 93.0 cm³/mol. The van der Waals surface area contributed by atoms with Gasteiger partial charge in [0.15, 0.2) is 11.5 Å². The van der Waals surface area contributed by atoms with Gasteiger partial charge in [-0.1, -0.05) is 18.2 Å². The maximum atomic E-state index is 13.8. The van der Waals surface area contributed by atoms with E-state index in [0.29, 0.717) is 11.3 Å². The Morgan fingerprint density at radius 2 is 2.00 bits per heavy atom. The molecule has 7 heteroatoms. The molecule has 0 radical (unpaired) electrons. The summed E-state index contributed by atoms with van der Waals surface area (Å²) >= 11 is 3.17. The summed E-state index contributed by atoms with van der Waals surface area (Å²) in [6.07, 6.45) is -0.0539. The molecule has 1 heterocycles. The number of rotatable bonds is 7. The first-order chi connectivity index (χ1) is 11.9. The first-order valence-electron chi connectivity index (χ1n) is 7.73. The number of carbonyl (C=O) groups excluding carboxylic acids is 2. The predicted octanol–water partition coefficient (Wildman–Crippen LogP) is 3.81. The molecule has 1 aromatic heterocycles. The third-order valence-electron chi connectivity index (χ3n) is 3.45. The van der Waals surface area contributed by atoms with Crippen LogP contribution in [0.25, 0.3) is 0 Å². The molecular formula is C18H17BrFNO4. The third kappa shape index (κ3) is 5.09. The number of halogens is 2. The summed E-state index contributed by atoms with van der Waals surface area (Å²) in [7, 11) is 0. The number of aromatic nitrogens is 1. The van der Waals surface area contributed by atoms with Crippen LogP contribution in [0.3, 0.4) is 0 Å². The van der Waals surface area contributed by atoms with Crippen LogP contribution >= 0.6 is 15.9 Å². The number of ketones is 1. The Labute approximate surface area is 153 Å². The van der Waals surface area contributed by atoms with Crippen LogP contribution in [0.1, 0.15) is 41.5 Å². The van der Waals surface area contributed by atoms with E-state index in [1.807, 2.05) is 0 Å². The van der Waals surface area contributed by atoms with E-state index in [4.69, 9.17) is 4.74 Å². The highest BCUT2D eigenvalue weighted by Crippen LogP contribution is 2.29. The average molecular weight is 410 g/mol. The van der Waals surface area contributed by atoms with Gasteiger partial charge in [-0.25, -0.2) is 9.37 Å². The zero-order valence-corrected chi connectivity index (χ0v) is 15.2. The summed E-state index contributed by atoms with van der Waals surface area (Å²) in [5.41, 5.74) is 0.705. The van der Waals surface area contributed by atoms with Gasteiger partial charge in [0.25, 0.3) is 0 Å². The van der Waals surface area contributed by atoms with Gasteiger partial charge in [-0.3, -0.25) is 9.59 Å². The maximum Gasteiger partial charge on any atom is 0.306 e. The number of nitrogens with zero attached hydrogens (tertiary/aromatic N) is 1. The monoisotopic (exact) mass is 409 g/mol. The van der Waals surface area contributed by atoms with E-state index in [-0.39, 0.29) is 47.6 Å². The van der Waals surface area contributed by atoms with Gasteiger partial charge in [0.05, 0.1) is 17.5 Å². The number of aromatic hydroxyl groups is 1. The molecule has 2 aromatic rings. The number of ether oxygens (including phenoxy) is 1. The minimum atomic E-state index is -0.489. The summed E-state index contributed by atoms with van der Waals surface area (Å²) < 4.78 is 18.8. The number of hydrogen-bond acceptors (Lipinski definition) is 5. The highest BCUT2D eigenvalue weighted by molar-refractivity contribution is 9.10. The van der Waals surface area contributed by atoms with Crippen LogP contribution in [-0.4, -0.2) is 28.4 Å². The molecule has 0 saturated heterocycles. The Bertz CT molecular complexity index is 795. The van der Waals surface area contributed by atoms with E-state index >= 15 is 0 Å². The number of carbonyl (C=O) groups is 2. The van der Waals surface area contributed by atoms with E-state index in [1.165, 1.54) is 12.1 Å². The normalized spacial score (nSPS) is 10.5. The number of esters is 1. The van der Waals surface area contributed by atoms with Crippen molar-refractivity contribution < 1.29 is 23.8 Å². The highest BCUT2D eigenvalue weighted by atomic mass is 79.9. The van der Waals surface area contributed by atoms with Crippen LogP contribution in [0, 0.1) is 5.82 Å². The molecule has 2 rings (SSSR count). The number of hydrogen-bond donors (Lipinski definition) is 1. The molecule has 0 aliphatic carbocycles. The molecule has 25 heavy (non-hydrogen) atoms. The molecule has 1 N–H and O–H groups in total. The zero-order chi connectivity index (χ0) is 18.4. The van der Waals surface area contributed by atoms with Crippen molar-refractivity contribution >= 4 is 27.7 Å². The smallest absolute Gasteiger partial charge is 0.306 e. The Morgan fingerprint density at radius 3 is 2.68 bits per heavy atom. The van der Waals surface area contributed by atoms with Crippen molar-refractivity contribution in [1.82, 2.24) is 4.98 Å². The molecule has 132 valence electrons. The van der Waals surface area contributed by atoms with Gasteiger partial charge in [-0.15, -0.1) is 0 Å². The summed E-state index contributed by atoms with van der Waals surface area (Å²) in [5, 5.41) is 10.1. The molecule has 0 aliphatic heterocycles. The standard InChI is InChI=1S/C18H17BrFNO4/c1-2-25-16(23)8-7-15(22)17-18(24)13(19)10-12(21-17)9-11-5-3-4-6-14(11)20/h3-6,10,24H,2,7-9H2,1H3. The largest absolute Gasteiger partial charge is 0.504 e. The summed E-state index contributed by atoms with van der Waals surface area (Å²) in [4.78, 5) is 27.8. The maximum absolute atomic E-state index is 13.8. The lowest BCUT2D eigenvalue weighted by Crippen LogP contribution is -2.10. The topological polar surface area (TPSA) is 76.5 Å². The van der Waals surface area contributed by atoms with Crippen molar-refractivity contribution in [3.63, 3.8) is 0 Å². The molecule has 0 aliphatic rings. The molecular weight excluding hydrogens is 393 g/mol. The van der Waals surface area contributed by atoms with Gasteiger partial charge in [0.1, 0.15) is 11.5 Å². The second kappa shape index (κ2) is 8.71. The number of benzene rings is 1. The molecule has 0 spiro atoms. The fourth-order valence-corrected chi connectivity index (χ4v) is 2.70. The van der Waals surface area contributed by atoms with Crippen LogP contribution in [-0.2, 0) is 16.0 Å². The van der Waals surface area contributed by atoms with E-state index in [0.717, 1.165) is 0 Å². The van der Waals surface area contributed by atoms with Gasteiger partial charge in [0, 0.05) is 18.5 Å². The number of pyridine rings is 1. The molecule has 0 atom stereocenters. The Hall–Kier alpha value is -2.28. The van der Waals surface area contributed by atoms with Crippen molar-refractivity contribution in [2.45, 2.75) is 26.2 Å². The zero-order valence-electron chi connectivity index (χ0n) is 13.6. The van der Waals surface area contributed by atoms with Crippen molar-refractivity contribution in [1.29, 1.82) is 0 Å². The van der Waals surface area contributed by atoms with Gasteiger partial charge in [-0.05, 0) is 40.5 Å². The first kappa shape index (κ1) is 19.1. The molecule has 0 fully saturated rings. The average Bonchev–Trinajstić information content (AvgIpc) is 2.58. The summed E-state index contributed by atoms with van der Waals surface area (Å²) in [6, 6.07) is 7.79. The summed E-state index contributed by atoms with van der Waals surface area (Å²) in [6.45, 7) is 1.91. The SMILES string of the molecule is CCOC(=O)CCC(=O)c1nc(Cc2ccccc2F)cc(Br)c1O. The molecule has 0 saturated carbocycles. The van der Waals surface area contributed by atoms with Crippen LogP contribution in [0.2, 0.25) is 0 Å². The molecule has 5 nitrogen and oxygen atoms in total. The Morgan fingerprint density at radius 1 is 1.28 bits per heavy atom. The van der Waals surface area contributed by atoms with Crippen molar-refractivity contribution in [3.05, 3.63) is 57.6 Å². The van der Waals surface area contributed by atoms with E-state index < -0.39 is 11.8 Å². The van der Waals surface area contributed by atoms with Crippen LogP contribution in [0.4, 0.5) is 4.39 Å². The van der Waals surface area contributed by atoms with Crippen molar-refractivity contribution in [3.8, 4) is 5.75 Å². The second-order valence-corrected chi connectivity index (χ2v) is 6.14. The summed E-state index contributed by atoms with van der Waals surface area (Å²) in [5.74, 6) is -1.65. The first-order valence-corrected chi connectivity index (χ1v) is 8.52. The molecule has 1 aromatic carbocycles. The van der Waals surface area contributed by atoms with E-state index in [2.05, 4.69) is 20.9 Å². The Kier molecular flexibility index (Phi) is 6.64. The van der Waals surface area contributed by atoms with Crippen molar-refractivity contribution in [2.75, 3.05) is 6.61 Å². The molecule has 0 amide bonds. The van der Waals surface area contributed by atoms with Crippen LogP contribution in [0.5, 0.6) is 5.75 Å². The lowest BCUT2D eigenvalue weighted by atomic mass is 10.1. The molecule has 0 bridgehead atoms. The van der Waals surface area contributed by atoms with Gasteiger partial charge in [-0.2, -0.15) is 0 Å². The number of Topliss-reactive ketones (excluding diaryl/α,β-unsaturated/α-hetero) is 1. The van der Waals surface area contributed by atoms with Crippen molar-refractivity contribution in [2.24, 2.45) is 0 Å². The lowest BCUT2D eigenvalue weighted by Gasteiger charge is -2.09. The van der Waals surface area contributed by atoms with Crippen LogP contribution in [0.15, 0.2) is 34.8 Å². The van der Waals surface area contributed by atoms with Gasteiger partial charge in [0.2, 0.25) is 0 Å². The minimum absolute atomic E-state index is 0.0943. The van der Waals surface area contributed by atoms with Gasteiger partial charge < -0.3 is 9.84 Å². The quantitative estimate of drug-likeness (QED) is 0.555. The highest BCUT2D eigenvalue weighted by Gasteiger charge is 2.19.